The number of aromatic nitrogens is 1. The molecule has 0 bridgehead atoms. The highest BCUT2D eigenvalue weighted by Gasteiger charge is 2.18. The molecular formula is C21H23N3O2S. The largest absolute Gasteiger partial charge is 0.376 e. The van der Waals surface area contributed by atoms with E-state index in [4.69, 9.17) is 10.5 Å². The summed E-state index contributed by atoms with van der Waals surface area (Å²) < 4.78 is 6.68. The van der Waals surface area contributed by atoms with Gasteiger partial charge >= 0.3 is 0 Å². The number of thiazole rings is 1. The molecule has 2 heterocycles. The van der Waals surface area contributed by atoms with Crippen molar-refractivity contribution in [3.63, 3.8) is 0 Å². The van der Waals surface area contributed by atoms with E-state index in [0.717, 1.165) is 40.8 Å². The fraction of sp³-hybridized carbons (Fsp3) is 0.333. The van der Waals surface area contributed by atoms with Gasteiger partial charge in [0.25, 0.3) is 5.91 Å². The Morgan fingerprint density at radius 2 is 2.22 bits per heavy atom. The summed E-state index contributed by atoms with van der Waals surface area (Å²) in [5.41, 5.74) is 11.9. The van der Waals surface area contributed by atoms with Crippen LogP contribution >= 0.6 is 11.3 Å². The number of benzene rings is 2. The Bertz CT molecular complexity index is 1010. The number of hydrogen-bond acceptors (Lipinski definition) is 5. The van der Waals surface area contributed by atoms with Crippen LogP contribution in [0.25, 0.3) is 21.3 Å². The van der Waals surface area contributed by atoms with Gasteiger partial charge in [0.05, 0.1) is 16.3 Å². The molecule has 1 fully saturated rings. The summed E-state index contributed by atoms with van der Waals surface area (Å²) in [4.78, 5) is 17.1. The molecule has 0 aliphatic carbocycles. The van der Waals surface area contributed by atoms with Gasteiger partial charge in [0.1, 0.15) is 0 Å². The molecule has 3 N–H and O–H groups in total. The lowest BCUT2D eigenvalue weighted by atomic mass is 9.97. The Kier molecular flexibility index (Phi) is 4.85. The first-order valence-corrected chi connectivity index (χ1v) is 10.0. The number of carbonyl (C=O) groups excluding carboxylic acids is 1. The average molecular weight is 382 g/mol. The van der Waals surface area contributed by atoms with Crippen LogP contribution in [0.15, 0.2) is 30.3 Å². The fourth-order valence-electron chi connectivity index (χ4n) is 3.51. The fourth-order valence-corrected chi connectivity index (χ4v) is 4.42. The second-order valence-corrected chi connectivity index (χ2v) is 8.05. The number of nitrogen functional groups attached to an aromatic ring is 1. The molecule has 140 valence electrons. The molecule has 1 aliphatic heterocycles. The van der Waals surface area contributed by atoms with E-state index in [9.17, 15) is 4.79 Å². The molecule has 27 heavy (non-hydrogen) atoms. The van der Waals surface area contributed by atoms with Crippen molar-refractivity contribution < 1.29 is 9.53 Å². The number of aryl methyl sites for hydroxylation is 2. The van der Waals surface area contributed by atoms with Crippen molar-refractivity contribution in [2.75, 3.05) is 18.9 Å². The van der Waals surface area contributed by atoms with Gasteiger partial charge in [0.2, 0.25) is 0 Å². The minimum absolute atomic E-state index is 0.0785. The van der Waals surface area contributed by atoms with Crippen molar-refractivity contribution in [3.05, 3.63) is 47.0 Å². The van der Waals surface area contributed by atoms with Crippen LogP contribution in [-0.4, -0.2) is 30.1 Å². The Hall–Kier alpha value is -2.44. The lowest BCUT2D eigenvalue weighted by Gasteiger charge is -2.12. The van der Waals surface area contributed by atoms with Crippen LogP contribution in [0, 0.1) is 13.8 Å². The molecule has 4 rings (SSSR count). The van der Waals surface area contributed by atoms with Crippen LogP contribution in [0.4, 0.5) is 5.13 Å². The Balaban J connectivity index is 1.65. The summed E-state index contributed by atoms with van der Waals surface area (Å²) in [5, 5.41) is 3.54. The summed E-state index contributed by atoms with van der Waals surface area (Å²) in [6, 6.07) is 9.80. The molecular weight excluding hydrogens is 358 g/mol. The second-order valence-electron chi connectivity index (χ2n) is 7.02. The van der Waals surface area contributed by atoms with Crippen molar-refractivity contribution in [1.29, 1.82) is 0 Å². The SMILES string of the molecule is Cc1cc(-c2cccc(C(=O)NCC3CCCO3)c2)c2nc(N)sc2c1C. The normalized spacial score (nSPS) is 16.7. The van der Waals surface area contributed by atoms with Crippen LogP contribution in [-0.2, 0) is 4.74 Å². The monoisotopic (exact) mass is 381 g/mol. The Morgan fingerprint density at radius 1 is 1.37 bits per heavy atom. The molecule has 1 atom stereocenters. The van der Waals surface area contributed by atoms with E-state index in [1.54, 1.807) is 0 Å². The molecule has 1 unspecified atom stereocenters. The molecule has 1 aliphatic rings. The lowest BCUT2D eigenvalue weighted by Crippen LogP contribution is -2.31. The molecule has 1 aromatic heterocycles. The number of hydrogen-bond donors (Lipinski definition) is 2. The maximum absolute atomic E-state index is 12.6. The number of nitrogens with one attached hydrogen (secondary N) is 1. The summed E-state index contributed by atoms with van der Waals surface area (Å²) >= 11 is 1.51. The predicted molar refractivity (Wildman–Crippen MR) is 110 cm³/mol. The first kappa shape index (κ1) is 17.9. The highest BCUT2D eigenvalue weighted by atomic mass is 32.1. The van der Waals surface area contributed by atoms with Crippen molar-refractivity contribution in [1.82, 2.24) is 10.3 Å². The van der Waals surface area contributed by atoms with Gasteiger partial charge in [0.15, 0.2) is 5.13 Å². The van der Waals surface area contributed by atoms with Crippen molar-refractivity contribution >= 4 is 32.6 Å². The zero-order chi connectivity index (χ0) is 19.0. The van der Waals surface area contributed by atoms with E-state index in [1.165, 1.54) is 22.5 Å². The van der Waals surface area contributed by atoms with Gasteiger partial charge in [0, 0.05) is 24.3 Å². The zero-order valence-electron chi connectivity index (χ0n) is 15.5. The van der Waals surface area contributed by atoms with Gasteiger partial charge in [-0.2, -0.15) is 0 Å². The number of amides is 1. The molecule has 3 aromatic rings. The number of nitrogens with zero attached hydrogens (tertiary/aromatic N) is 1. The molecule has 1 amide bonds. The standard InChI is InChI=1S/C21H23N3O2S/c1-12-9-17(18-19(13(12)2)27-21(22)24-18)14-5-3-6-15(10-14)20(25)23-11-16-7-4-8-26-16/h3,5-6,9-10,16H,4,7-8,11H2,1-2H3,(H2,22,24)(H,23,25). The van der Waals surface area contributed by atoms with Crippen molar-refractivity contribution in [2.45, 2.75) is 32.8 Å². The summed E-state index contributed by atoms with van der Waals surface area (Å²) in [7, 11) is 0. The van der Waals surface area contributed by atoms with Crippen LogP contribution < -0.4 is 11.1 Å². The predicted octanol–water partition coefficient (Wildman–Crippen LogP) is 4.07. The first-order valence-electron chi connectivity index (χ1n) is 9.19. The smallest absolute Gasteiger partial charge is 0.251 e. The number of carbonyl (C=O) groups is 1. The number of ether oxygens (including phenoxy) is 1. The number of anilines is 1. The quantitative estimate of drug-likeness (QED) is 0.714. The van der Waals surface area contributed by atoms with Gasteiger partial charge in [-0.05, 0) is 61.6 Å². The third-order valence-corrected chi connectivity index (χ3v) is 6.15. The molecule has 0 saturated carbocycles. The maximum atomic E-state index is 12.6. The Morgan fingerprint density at radius 3 is 3.00 bits per heavy atom. The molecule has 6 heteroatoms. The van der Waals surface area contributed by atoms with Gasteiger partial charge in [-0.1, -0.05) is 23.5 Å². The van der Waals surface area contributed by atoms with Crippen molar-refractivity contribution in [3.8, 4) is 11.1 Å². The average Bonchev–Trinajstić information content (AvgIpc) is 3.32. The highest BCUT2D eigenvalue weighted by Crippen LogP contribution is 2.36. The van der Waals surface area contributed by atoms with E-state index >= 15 is 0 Å². The summed E-state index contributed by atoms with van der Waals surface area (Å²) in [6.07, 6.45) is 2.20. The van der Waals surface area contributed by atoms with E-state index in [-0.39, 0.29) is 12.0 Å². The van der Waals surface area contributed by atoms with Crippen LogP contribution in [0.1, 0.15) is 34.3 Å². The van der Waals surface area contributed by atoms with E-state index in [1.807, 2.05) is 24.3 Å². The third-order valence-electron chi connectivity index (χ3n) is 5.14. The topological polar surface area (TPSA) is 77.2 Å². The van der Waals surface area contributed by atoms with Crippen molar-refractivity contribution in [2.24, 2.45) is 0 Å². The molecule has 0 spiro atoms. The summed E-state index contributed by atoms with van der Waals surface area (Å²) in [6.45, 7) is 5.52. The lowest BCUT2D eigenvalue weighted by molar-refractivity contribution is 0.0858. The van der Waals surface area contributed by atoms with E-state index in [2.05, 4.69) is 30.2 Å². The van der Waals surface area contributed by atoms with Crippen LogP contribution in [0.2, 0.25) is 0 Å². The molecule has 0 radical (unpaired) electrons. The highest BCUT2D eigenvalue weighted by molar-refractivity contribution is 7.22. The van der Waals surface area contributed by atoms with Gasteiger partial charge in [-0.3, -0.25) is 4.79 Å². The third kappa shape index (κ3) is 3.55. The van der Waals surface area contributed by atoms with Crippen LogP contribution in [0.3, 0.4) is 0 Å². The minimum Gasteiger partial charge on any atom is -0.376 e. The minimum atomic E-state index is -0.0785. The number of fused-ring (bicyclic) bond motifs is 1. The van der Waals surface area contributed by atoms with E-state index < -0.39 is 0 Å². The second kappa shape index (κ2) is 7.29. The zero-order valence-corrected chi connectivity index (χ0v) is 16.4. The number of nitrogens with two attached hydrogens (primary N) is 1. The Labute approximate surface area is 162 Å². The summed E-state index contributed by atoms with van der Waals surface area (Å²) in [5.74, 6) is -0.0785. The molecule has 5 nitrogen and oxygen atoms in total. The molecule has 1 saturated heterocycles. The van der Waals surface area contributed by atoms with E-state index in [0.29, 0.717) is 17.2 Å². The van der Waals surface area contributed by atoms with Crippen LogP contribution in [0.5, 0.6) is 0 Å². The van der Waals surface area contributed by atoms with Gasteiger partial charge in [-0.25, -0.2) is 4.98 Å². The maximum Gasteiger partial charge on any atom is 0.251 e. The number of rotatable bonds is 4. The van der Waals surface area contributed by atoms with Gasteiger partial charge in [-0.15, -0.1) is 0 Å². The molecule has 2 aromatic carbocycles. The first-order chi connectivity index (χ1) is 13.0. The van der Waals surface area contributed by atoms with Gasteiger partial charge < -0.3 is 15.8 Å².